The van der Waals surface area contributed by atoms with E-state index in [2.05, 4.69) is 42.2 Å². The summed E-state index contributed by atoms with van der Waals surface area (Å²) in [6, 6.07) is 25.5. The number of carbonyl (C=O) groups is 2. The predicted molar refractivity (Wildman–Crippen MR) is 192 cm³/mol. The summed E-state index contributed by atoms with van der Waals surface area (Å²) in [6.45, 7) is 3.12. The highest BCUT2D eigenvalue weighted by Gasteiger charge is 2.73. The standard InChI is InChI=1S/C18H14F6O6S3.C17H19O3S/c1-12(25)30-14-7-9-15(10-8-14)31-16(32(26,27)17(19,20)21,33(28,29)18(22,23)24)11-13-5-3-2-4-6-13;1-13-4-6-14(7-5-13)12-21(3)16-10-8-15(9-11-16)20-17(18)19-2/h2-10H,11H2,1H3;4-11H,12H2,1-3H3/q;+1. The van der Waals surface area contributed by atoms with E-state index in [9.17, 15) is 52.8 Å². The number of alkyl halides is 6. The third-order valence-corrected chi connectivity index (χ3v) is 16.2. The number of sulfone groups is 2. The molecule has 0 amide bonds. The molecule has 0 heterocycles. The Labute approximate surface area is 315 Å². The summed E-state index contributed by atoms with van der Waals surface area (Å²) in [6.07, 6.45) is -0.137. The molecule has 19 heteroatoms. The number of thioether (sulfide) groups is 1. The maximum absolute atomic E-state index is 13.6. The zero-order valence-corrected chi connectivity index (χ0v) is 32.1. The quantitative estimate of drug-likeness (QED) is 0.0363. The second-order valence-electron chi connectivity index (χ2n) is 11.2. The van der Waals surface area contributed by atoms with E-state index in [1.54, 1.807) is 12.1 Å². The fourth-order valence-electron chi connectivity index (χ4n) is 4.50. The monoisotopic (exact) mass is 839 g/mol. The van der Waals surface area contributed by atoms with Gasteiger partial charge in [-0.05, 0) is 61.0 Å². The van der Waals surface area contributed by atoms with Crippen LogP contribution < -0.4 is 9.47 Å². The normalized spacial score (nSPS) is 12.9. The SMILES string of the molecule is CC(=O)Oc1ccc(SC(Cc2ccccc2)(S(=O)(=O)C(F)(F)F)S(=O)(=O)C(F)(F)F)cc1.COC(=O)Oc1ccc([S+](C)Cc2ccc(C)cc2)cc1. The molecule has 0 aliphatic rings. The Balaban J connectivity index is 0.000000320. The van der Waals surface area contributed by atoms with E-state index in [-0.39, 0.29) is 16.6 Å². The van der Waals surface area contributed by atoms with Gasteiger partial charge in [0.05, 0.1) is 7.11 Å². The van der Waals surface area contributed by atoms with Gasteiger partial charge < -0.3 is 14.2 Å². The van der Waals surface area contributed by atoms with Crippen LogP contribution in [0.4, 0.5) is 31.1 Å². The highest BCUT2D eigenvalue weighted by Crippen LogP contribution is 2.54. The number of hydrogen-bond donors (Lipinski definition) is 0. The molecule has 0 saturated heterocycles. The Hall–Kier alpha value is -4.20. The van der Waals surface area contributed by atoms with Gasteiger partial charge in [-0.2, -0.15) is 26.3 Å². The largest absolute Gasteiger partial charge is 0.513 e. The van der Waals surface area contributed by atoms with Crippen molar-refractivity contribution in [1.82, 2.24) is 0 Å². The molecule has 0 aliphatic heterocycles. The van der Waals surface area contributed by atoms with Gasteiger partial charge in [-0.3, -0.25) is 4.79 Å². The van der Waals surface area contributed by atoms with Crippen molar-refractivity contribution in [2.45, 2.75) is 50.2 Å². The minimum atomic E-state index is -7.00. The van der Waals surface area contributed by atoms with Gasteiger partial charge in [0.2, 0.25) is 3.41 Å². The van der Waals surface area contributed by atoms with Gasteiger partial charge in [0.1, 0.15) is 23.5 Å². The van der Waals surface area contributed by atoms with E-state index in [0.29, 0.717) is 5.75 Å². The summed E-state index contributed by atoms with van der Waals surface area (Å²) in [5.74, 6) is 0.571. The molecule has 4 rings (SSSR count). The lowest BCUT2D eigenvalue weighted by atomic mass is 10.2. The van der Waals surface area contributed by atoms with E-state index in [1.807, 2.05) is 12.1 Å². The molecule has 0 N–H and O–H groups in total. The predicted octanol–water partition coefficient (Wildman–Crippen LogP) is 8.42. The van der Waals surface area contributed by atoms with Crippen LogP contribution in [-0.4, -0.2) is 56.8 Å². The number of halogens is 6. The second-order valence-corrected chi connectivity index (χ2v) is 19.7. The number of benzene rings is 4. The lowest BCUT2D eigenvalue weighted by Crippen LogP contribution is -2.55. The highest BCUT2D eigenvalue weighted by molar-refractivity contribution is 8.29. The summed E-state index contributed by atoms with van der Waals surface area (Å²) in [7, 11) is -12.6. The molecule has 4 aromatic rings. The molecule has 0 bridgehead atoms. The van der Waals surface area contributed by atoms with Crippen LogP contribution in [0.15, 0.2) is 113 Å². The number of carbonyl (C=O) groups excluding carboxylic acids is 2. The Morgan fingerprint density at radius 2 is 1.17 bits per heavy atom. The average Bonchev–Trinajstić information content (AvgIpc) is 3.09. The van der Waals surface area contributed by atoms with E-state index < -0.39 is 74.9 Å². The first-order valence-corrected chi connectivity index (χ1v) is 20.8. The van der Waals surface area contributed by atoms with Crippen molar-refractivity contribution in [1.29, 1.82) is 0 Å². The molecule has 292 valence electrons. The minimum Gasteiger partial charge on any atom is -0.437 e. The molecule has 0 radical (unpaired) electrons. The van der Waals surface area contributed by atoms with E-state index >= 15 is 0 Å². The summed E-state index contributed by atoms with van der Waals surface area (Å²) in [5.41, 5.74) is -10.5. The van der Waals surface area contributed by atoms with Gasteiger partial charge in [-0.15, -0.1) is 0 Å². The van der Waals surface area contributed by atoms with Crippen LogP contribution in [0.3, 0.4) is 0 Å². The number of rotatable bonds is 11. The van der Waals surface area contributed by atoms with Crippen molar-refractivity contribution in [3.63, 3.8) is 0 Å². The lowest BCUT2D eigenvalue weighted by Gasteiger charge is -2.33. The Morgan fingerprint density at radius 1 is 0.685 bits per heavy atom. The molecule has 0 fully saturated rings. The van der Waals surface area contributed by atoms with Crippen LogP contribution in [0, 0.1) is 6.92 Å². The Morgan fingerprint density at radius 3 is 1.63 bits per heavy atom. The number of esters is 1. The molecule has 0 aromatic heterocycles. The topological polar surface area (TPSA) is 130 Å². The van der Waals surface area contributed by atoms with Crippen LogP contribution in [-0.2, 0) is 52.3 Å². The van der Waals surface area contributed by atoms with Crippen molar-refractivity contribution in [3.8, 4) is 11.5 Å². The van der Waals surface area contributed by atoms with E-state index in [1.165, 1.54) is 41.3 Å². The maximum Gasteiger partial charge on any atom is 0.513 e. The third-order valence-electron chi connectivity index (χ3n) is 7.15. The summed E-state index contributed by atoms with van der Waals surface area (Å²) in [4.78, 5) is 22.7. The smallest absolute Gasteiger partial charge is 0.437 e. The summed E-state index contributed by atoms with van der Waals surface area (Å²) < 4.78 is 141. The minimum absolute atomic E-state index is 0.115. The fraction of sp³-hybridized carbons (Fsp3) is 0.257. The van der Waals surface area contributed by atoms with Crippen LogP contribution >= 0.6 is 11.8 Å². The van der Waals surface area contributed by atoms with Gasteiger partial charge in [-0.25, -0.2) is 21.6 Å². The fourth-order valence-corrected chi connectivity index (χ4v) is 12.0. The van der Waals surface area contributed by atoms with Crippen molar-refractivity contribution in [2.75, 3.05) is 13.4 Å². The van der Waals surface area contributed by atoms with Crippen LogP contribution in [0.2, 0.25) is 0 Å². The first-order valence-electron chi connectivity index (χ1n) is 15.2. The van der Waals surface area contributed by atoms with Crippen molar-refractivity contribution < 1.29 is 67.0 Å². The van der Waals surface area contributed by atoms with Crippen LogP contribution in [0.1, 0.15) is 23.6 Å². The van der Waals surface area contributed by atoms with E-state index in [0.717, 1.165) is 49.1 Å². The van der Waals surface area contributed by atoms with Crippen LogP contribution in [0.5, 0.6) is 11.5 Å². The molecule has 0 aliphatic carbocycles. The molecule has 4 aromatic carbocycles. The first-order chi connectivity index (χ1) is 25.0. The van der Waals surface area contributed by atoms with Gasteiger partial charge >= 0.3 is 23.1 Å². The zero-order valence-electron chi connectivity index (χ0n) is 28.8. The number of aryl methyl sites for hydroxylation is 1. The molecule has 9 nitrogen and oxygen atoms in total. The van der Waals surface area contributed by atoms with Gasteiger partial charge in [0, 0.05) is 34.7 Å². The molecule has 0 saturated carbocycles. The van der Waals surface area contributed by atoms with Crippen molar-refractivity contribution >= 4 is 54.5 Å². The first kappa shape index (κ1) is 44.2. The van der Waals surface area contributed by atoms with Gasteiger partial charge in [0.15, 0.2) is 4.90 Å². The highest BCUT2D eigenvalue weighted by atomic mass is 32.3. The zero-order chi connectivity index (χ0) is 40.5. The number of methoxy groups -OCH3 is 1. The molecule has 1 atom stereocenters. The van der Waals surface area contributed by atoms with E-state index in [4.69, 9.17) is 9.47 Å². The van der Waals surface area contributed by atoms with Gasteiger partial charge in [0.25, 0.3) is 19.7 Å². The van der Waals surface area contributed by atoms with Crippen molar-refractivity contribution in [3.05, 3.63) is 120 Å². The molecular weight excluding hydrogens is 807 g/mol. The summed E-state index contributed by atoms with van der Waals surface area (Å²) in [5, 5.41) is 0. The van der Waals surface area contributed by atoms with Crippen LogP contribution in [0.25, 0.3) is 0 Å². The number of hydrogen-bond acceptors (Lipinski definition) is 10. The number of ether oxygens (including phenoxy) is 3. The summed E-state index contributed by atoms with van der Waals surface area (Å²) >= 11 is -0.630. The third kappa shape index (κ3) is 10.9. The molecule has 54 heavy (non-hydrogen) atoms. The Bertz CT molecular complexity index is 2050. The molecular formula is C35H33F6O9S4+. The molecule has 0 spiro atoms. The maximum atomic E-state index is 13.6. The van der Waals surface area contributed by atoms with Gasteiger partial charge in [-0.1, -0.05) is 71.9 Å². The Kier molecular flexibility index (Phi) is 14.7. The molecule has 1 unspecified atom stereocenters. The average molecular weight is 840 g/mol. The van der Waals surface area contributed by atoms with Crippen molar-refractivity contribution in [2.24, 2.45) is 0 Å². The lowest BCUT2D eigenvalue weighted by molar-refractivity contribution is -0.131. The second kappa shape index (κ2) is 18.0.